The predicted molar refractivity (Wildman–Crippen MR) is 142 cm³/mol. The Hall–Kier alpha value is -4.63. The van der Waals surface area contributed by atoms with E-state index < -0.39 is 11.8 Å². The van der Waals surface area contributed by atoms with E-state index in [1.54, 1.807) is 24.3 Å². The Labute approximate surface area is 213 Å². The Morgan fingerprint density at radius 3 is 2.27 bits per heavy atom. The molecule has 4 aromatic rings. The van der Waals surface area contributed by atoms with E-state index in [-0.39, 0.29) is 28.0 Å². The average molecular weight is 502 g/mol. The minimum absolute atomic E-state index is 0.133. The summed E-state index contributed by atoms with van der Waals surface area (Å²) in [6.45, 7) is 0.845. The van der Waals surface area contributed by atoms with E-state index in [1.807, 2.05) is 31.3 Å². The smallest absolute Gasteiger partial charge is 0.291 e. The summed E-state index contributed by atoms with van der Waals surface area (Å²) in [6.07, 6.45) is 0.863. The van der Waals surface area contributed by atoms with E-state index in [0.717, 1.165) is 24.6 Å². The monoisotopic (exact) mass is 501 g/mol. The summed E-state index contributed by atoms with van der Waals surface area (Å²) in [5, 5.41) is 8.97. The Balaban J connectivity index is 1.64. The number of anilines is 2. The minimum atomic E-state index is -0.696. The number of benzene rings is 3. The van der Waals surface area contributed by atoms with Gasteiger partial charge in [-0.1, -0.05) is 24.3 Å². The third-order valence-corrected chi connectivity index (χ3v) is 5.75. The van der Waals surface area contributed by atoms with Gasteiger partial charge in [-0.05, 0) is 55.9 Å². The summed E-state index contributed by atoms with van der Waals surface area (Å²) in [7, 11) is 4.79. The molecule has 0 aliphatic heterocycles. The van der Waals surface area contributed by atoms with Gasteiger partial charge in [-0.3, -0.25) is 14.4 Å². The highest BCUT2D eigenvalue weighted by molar-refractivity contribution is 6.12. The standard InChI is InChI=1S/C28H27N3O6/c1-29-13-12-17-8-10-18(11-9-17)30-27(33)20-14-24(35-2)25(36-3)15-21(20)31-28(34)26-16-22(32)19-6-4-5-7-23(19)37-26/h4-11,14-16,29H,12-13H2,1-3H3,(H,30,33)(H,31,34). The lowest BCUT2D eigenvalue weighted by molar-refractivity contribution is 0.0997. The summed E-state index contributed by atoms with van der Waals surface area (Å²) >= 11 is 0. The van der Waals surface area contributed by atoms with Gasteiger partial charge in [0.2, 0.25) is 0 Å². The summed E-state index contributed by atoms with van der Waals surface area (Å²) in [6, 6.07) is 18.2. The highest BCUT2D eigenvalue weighted by Crippen LogP contribution is 2.34. The second-order valence-electron chi connectivity index (χ2n) is 8.18. The molecular formula is C28H27N3O6. The summed E-state index contributed by atoms with van der Waals surface area (Å²) in [4.78, 5) is 38.8. The molecule has 0 saturated carbocycles. The van der Waals surface area contributed by atoms with Crippen molar-refractivity contribution in [2.75, 3.05) is 38.4 Å². The Morgan fingerprint density at radius 1 is 0.865 bits per heavy atom. The second kappa shape index (κ2) is 11.4. The van der Waals surface area contributed by atoms with Crippen molar-refractivity contribution in [1.29, 1.82) is 0 Å². The van der Waals surface area contributed by atoms with Crippen LogP contribution in [0.3, 0.4) is 0 Å². The summed E-state index contributed by atoms with van der Waals surface area (Å²) < 4.78 is 16.3. The summed E-state index contributed by atoms with van der Waals surface area (Å²) in [5.74, 6) is -0.743. The van der Waals surface area contributed by atoms with Crippen molar-refractivity contribution in [3.63, 3.8) is 0 Å². The van der Waals surface area contributed by atoms with Crippen molar-refractivity contribution in [2.24, 2.45) is 0 Å². The fraction of sp³-hybridized carbons (Fsp3) is 0.179. The van der Waals surface area contributed by atoms with E-state index in [2.05, 4.69) is 16.0 Å². The van der Waals surface area contributed by atoms with Gasteiger partial charge in [0.05, 0.1) is 30.9 Å². The van der Waals surface area contributed by atoms with Crippen LogP contribution in [0.1, 0.15) is 26.5 Å². The van der Waals surface area contributed by atoms with Gasteiger partial charge in [0.1, 0.15) is 5.58 Å². The number of nitrogens with one attached hydrogen (secondary N) is 3. The van der Waals surface area contributed by atoms with Crippen LogP contribution in [0.2, 0.25) is 0 Å². The van der Waals surface area contributed by atoms with Crippen LogP contribution in [0.5, 0.6) is 11.5 Å². The first-order valence-electron chi connectivity index (χ1n) is 11.6. The Bertz CT molecular complexity index is 1490. The maximum Gasteiger partial charge on any atom is 0.291 e. The number of amides is 2. The normalized spacial score (nSPS) is 10.7. The molecule has 0 bridgehead atoms. The largest absolute Gasteiger partial charge is 0.493 e. The molecule has 1 heterocycles. The number of fused-ring (bicyclic) bond motifs is 1. The van der Waals surface area contributed by atoms with Crippen LogP contribution in [0.4, 0.5) is 11.4 Å². The maximum absolute atomic E-state index is 13.3. The molecule has 37 heavy (non-hydrogen) atoms. The zero-order valence-corrected chi connectivity index (χ0v) is 20.7. The SMILES string of the molecule is CNCCc1ccc(NC(=O)c2cc(OC)c(OC)cc2NC(=O)c2cc(=O)c3ccccc3o2)cc1. The molecule has 0 unspecified atom stereocenters. The van der Waals surface area contributed by atoms with Crippen molar-refractivity contribution < 1.29 is 23.5 Å². The lowest BCUT2D eigenvalue weighted by Gasteiger charge is -2.16. The zero-order chi connectivity index (χ0) is 26.4. The Kier molecular flexibility index (Phi) is 7.85. The lowest BCUT2D eigenvalue weighted by atomic mass is 10.1. The quantitative estimate of drug-likeness (QED) is 0.316. The first-order valence-corrected chi connectivity index (χ1v) is 11.6. The van der Waals surface area contributed by atoms with Gasteiger partial charge < -0.3 is 29.8 Å². The molecule has 0 atom stereocenters. The van der Waals surface area contributed by atoms with Crippen LogP contribution >= 0.6 is 0 Å². The number of methoxy groups -OCH3 is 2. The van der Waals surface area contributed by atoms with E-state index in [9.17, 15) is 14.4 Å². The number of hydrogen-bond acceptors (Lipinski definition) is 7. The van der Waals surface area contributed by atoms with Gasteiger partial charge in [0.25, 0.3) is 11.8 Å². The molecule has 190 valence electrons. The highest BCUT2D eigenvalue weighted by atomic mass is 16.5. The third kappa shape index (κ3) is 5.79. The second-order valence-corrected chi connectivity index (χ2v) is 8.18. The number of rotatable bonds is 9. The average Bonchev–Trinajstić information content (AvgIpc) is 2.92. The molecular weight excluding hydrogens is 474 g/mol. The van der Waals surface area contributed by atoms with Crippen LogP contribution < -0.4 is 30.9 Å². The molecule has 9 nitrogen and oxygen atoms in total. The van der Waals surface area contributed by atoms with Crippen LogP contribution in [-0.4, -0.2) is 39.6 Å². The molecule has 0 aliphatic carbocycles. The highest BCUT2D eigenvalue weighted by Gasteiger charge is 2.21. The van der Waals surface area contributed by atoms with Gasteiger partial charge >= 0.3 is 0 Å². The fourth-order valence-electron chi connectivity index (χ4n) is 3.79. The number of likely N-dealkylation sites (N-methyl/N-ethyl adjacent to an activating group) is 1. The predicted octanol–water partition coefficient (Wildman–Crippen LogP) is 4.08. The van der Waals surface area contributed by atoms with Crippen molar-refractivity contribution in [3.05, 3.63) is 93.8 Å². The molecule has 0 aliphatic rings. The molecule has 9 heteroatoms. The minimum Gasteiger partial charge on any atom is -0.493 e. The molecule has 4 rings (SSSR count). The fourth-order valence-corrected chi connectivity index (χ4v) is 3.79. The van der Waals surface area contributed by atoms with E-state index in [1.165, 1.54) is 26.4 Å². The summed E-state index contributed by atoms with van der Waals surface area (Å²) in [5.41, 5.74) is 1.93. The molecule has 0 saturated heterocycles. The molecule has 0 fully saturated rings. The number of hydrogen-bond donors (Lipinski definition) is 3. The first kappa shape index (κ1) is 25.5. The van der Waals surface area contributed by atoms with E-state index in [0.29, 0.717) is 22.6 Å². The van der Waals surface area contributed by atoms with Crippen molar-refractivity contribution in [3.8, 4) is 11.5 Å². The van der Waals surface area contributed by atoms with Crippen LogP contribution in [0, 0.1) is 0 Å². The van der Waals surface area contributed by atoms with Gasteiger partial charge in [0.15, 0.2) is 22.7 Å². The van der Waals surface area contributed by atoms with Gasteiger partial charge in [-0.25, -0.2) is 0 Å². The molecule has 2 amide bonds. The molecule has 1 aromatic heterocycles. The van der Waals surface area contributed by atoms with E-state index in [4.69, 9.17) is 13.9 Å². The van der Waals surface area contributed by atoms with Gasteiger partial charge in [-0.15, -0.1) is 0 Å². The molecule has 3 aromatic carbocycles. The lowest BCUT2D eigenvalue weighted by Crippen LogP contribution is -2.20. The topological polar surface area (TPSA) is 119 Å². The number of carbonyl (C=O) groups excluding carboxylic acids is 2. The number of para-hydroxylation sites is 1. The first-order chi connectivity index (χ1) is 17.9. The van der Waals surface area contributed by atoms with Crippen LogP contribution in [0.25, 0.3) is 11.0 Å². The number of carbonyl (C=O) groups is 2. The maximum atomic E-state index is 13.3. The third-order valence-electron chi connectivity index (χ3n) is 5.75. The molecule has 0 radical (unpaired) electrons. The molecule has 0 spiro atoms. The van der Waals surface area contributed by atoms with Gasteiger partial charge in [0, 0.05) is 17.8 Å². The van der Waals surface area contributed by atoms with Crippen molar-refractivity contribution in [2.45, 2.75) is 6.42 Å². The van der Waals surface area contributed by atoms with Crippen molar-refractivity contribution >= 4 is 34.2 Å². The van der Waals surface area contributed by atoms with Crippen molar-refractivity contribution in [1.82, 2.24) is 5.32 Å². The van der Waals surface area contributed by atoms with Crippen LogP contribution in [0.15, 0.2) is 75.9 Å². The van der Waals surface area contributed by atoms with Gasteiger partial charge in [-0.2, -0.15) is 0 Å². The zero-order valence-electron chi connectivity index (χ0n) is 20.7. The number of ether oxygens (including phenoxy) is 2. The van der Waals surface area contributed by atoms with E-state index >= 15 is 0 Å². The van der Waals surface area contributed by atoms with Crippen LogP contribution in [-0.2, 0) is 6.42 Å². The Morgan fingerprint density at radius 2 is 1.57 bits per heavy atom. The molecule has 3 N–H and O–H groups in total.